The number of morpholine rings is 1. The summed E-state index contributed by atoms with van der Waals surface area (Å²) in [4.78, 5) is 6.91. The van der Waals surface area contributed by atoms with E-state index in [2.05, 4.69) is 22.0 Å². The summed E-state index contributed by atoms with van der Waals surface area (Å²) in [7, 11) is 0. The number of para-hydroxylation sites is 1. The molecule has 0 aliphatic carbocycles. The minimum Gasteiger partial charge on any atom is -0.378 e. The Morgan fingerprint density at radius 3 is 2.78 bits per heavy atom. The molecular formula is C14H15ClN2O. The number of alkyl halides is 1. The number of anilines is 1. The Kier molecular flexibility index (Phi) is 3.35. The average molecular weight is 263 g/mol. The molecule has 0 bridgehead atoms. The van der Waals surface area contributed by atoms with Crippen molar-refractivity contribution in [2.75, 3.05) is 31.2 Å². The quantitative estimate of drug-likeness (QED) is 0.779. The fourth-order valence-corrected chi connectivity index (χ4v) is 2.48. The molecule has 3 rings (SSSR count). The van der Waals surface area contributed by atoms with E-state index in [0.717, 1.165) is 37.5 Å². The first-order chi connectivity index (χ1) is 8.88. The maximum Gasteiger partial charge on any atom is 0.0726 e. The second-order valence-electron chi connectivity index (χ2n) is 4.38. The van der Waals surface area contributed by atoms with E-state index in [9.17, 15) is 0 Å². The highest BCUT2D eigenvalue weighted by molar-refractivity contribution is 6.17. The average Bonchev–Trinajstić information content (AvgIpc) is 2.47. The summed E-state index contributed by atoms with van der Waals surface area (Å²) in [5, 5.41) is 1.19. The zero-order chi connectivity index (χ0) is 12.4. The van der Waals surface area contributed by atoms with Crippen LogP contribution in [0.4, 0.5) is 5.69 Å². The van der Waals surface area contributed by atoms with Crippen molar-refractivity contribution in [2.45, 2.75) is 5.88 Å². The van der Waals surface area contributed by atoms with Gasteiger partial charge < -0.3 is 9.64 Å². The summed E-state index contributed by atoms with van der Waals surface area (Å²) in [5.41, 5.74) is 3.16. The van der Waals surface area contributed by atoms with Crippen LogP contribution in [0.25, 0.3) is 10.9 Å². The van der Waals surface area contributed by atoms with Gasteiger partial charge in [-0.15, -0.1) is 11.6 Å². The number of pyridine rings is 1. The van der Waals surface area contributed by atoms with Gasteiger partial charge in [0.15, 0.2) is 0 Å². The number of ether oxygens (including phenoxy) is 1. The first-order valence-electron chi connectivity index (χ1n) is 6.16. The Morgan fingerprint density at radius 2 is 2.00 bits per heavy atom. The third kappa shape index (κ3) is 2.16. The van der Waals surface area contributed by atoms with Crippen LogP contribution in [0, 0.1) is 0 Å². The molecule has 94 valence electrons. The molecule has 18 heavy (non-hydrogen) atoms. The molecule has 0 radical (unpaired) electrons. The van der Waals surface area contributed by atoms with Crippen molar-refractivity contribution in [3.05, 3.63) is 36.0 Å². The molecule has 1 aliphatic rings. The zero-order valence-corrected chi connectivity index (χ0v) is 10.9. The molecule has 3 nitrogen and oxygen atoms in total. The second-order valence-corrected chi connectivity index (χ2v) is 4.65. The van der Waals surface area contributed by atoms with E-state index in [1.807, 2.05) is 18.2 Å². The van der Waals surface area contributed by atoms with Gasteiger partial charge in [-0.05, 0) is 12.1 Å². The minimum atomic E-state index is 0.447. The van der Waals surface area contributed by atoms with Crippen molar-refractivity contribution in [2.24, 2.45) is 0 Å². The topological polar surface area (TPSA) is 25.4 Å². The number of benzene rings is 1. The van der Waals surface area contributed by atoms with Crippen molar-refractivity contribution in [3.63, 3.8) is 0 Å². The van der Waals surface area contributed by atoms with Crippen LogP contribution >= 0.6 is 11.6 Å². The summed E-state index contributed by atoms with van der Waals surface area (Å²) in [6, 6.07) is 10.3. The van der Waals surface area contributed by atoms with Crippen LogP contribution in [-0.2, 0) is 10.6 Å². The highest BCUT2D eigenvalue weighted by Gasteiger charge is 2.15. The van der Waals surface area contributed by atoms with Crippen molar-refractivity contribution in [1.82, 2.24) is 4.98 Å². The first-order valence-corrected chi connectivity index (χ1v) is 6.69. The number of fused-ring (bicyclic) bond motifs is 1. The van der Waals surface area contributed by atoms with Crippen molar-refractivity contribution in [3.8, 4) is 0 Å². The Bertz CT molecular complexity index is 552. The monoisotopic (exact) mass is 262 g/mol. The molecule has 0 saturated carbocycles. The van der Waals surface area contributed by atoms with Crippen LogP contribution < -0.4 is 4.90 Å². The number of hydrogen-bond acceptors (Lipinski definition) is 3. The number of hydrogen-bond donors (Lipinski definition) is 0. The lowest BCUT2D eigenvalue weighted by Crippen LogP contribution is -2.36. The predicted molar refractivity (Wildman–Crippen MR) is 74.3 cm³/mol. The zero-order valence-electron chi connectivity index (χ0n) is 10.1. The Hall–Kier alpha value is -1.32. The van der Waals surface area contributed by atoms with Gasteiger partial charge in [-0.25, -0.2) is 0 Å². The van der Waals surface area contributed by atoms with Gasteiger partial charge in [0.1, 0.15) is 0 Å². The lowest BCUT2D eigenvalue weighted by molar-refractivity contribution is 0.123. The van der Waals surface area contributed by atoms with E-state index in [0.29, 0.717) is 5.88 Å². The molecule has 0 spiro atoms. The Labute approximate surface area is 111 Å². The number of halogens is 1. The van der Waals surface area contributed by atoms with E-state index in [1.165, 1.54) is 11.1 Å². The van der Waals surface area contributed by atoms with Crippen molar-refractivity contribution in [1.29, 1.82) is 0 Å². The molecule has 0 amide bonds. The van der Waals surface area contributed by atoms with Gasteiger partial charge in [0, 0.05) is 24.2 Å². The summed E-state index contributed by atoms with van der Waals surface area (Å²) < 4.78 is 5.41. The molecule has 1 aliphatic heterocycles. The lowest BCUT2D eigenvalue weighted by Gasteiger charge is -2.30. The fraction of sp³-hybridized carbons (Fsp3) is 0.357. The molecule has 1 fully saturated rings. The summed E-state index contributed by atoms with van der Waals surface area (Å²) >= 11 is 5.93. The maximum absolute atomic E-state index is 5.93. The van der Waals surface area contributed by atoms with Crippen LogP contribution in [0.3, 0.4) is 0 Å². The molecule has 1 aromatic heterocycles. The molecule has 0 unspecified atom stereocenters. The Balaban J connectivity index is 2.12. The van der Waals surface area contributed by atoms with E-state index < -0.39 is 0 Å². The third-order valence-corrected chi connectivity index (χ3v) is 3.51. The van der Waals surface area contributed by atoms with Crippen molar-refractivity contribution < 1.29 is 4.74 Å². The maximum atomic E-state index is 5.93. The van der Waals surface area contributed by atoms with Crippen LogP contribution in [0.15, 0.2) is 30.3 Å². The normalized spacial score (nSPS) is 16.2. The van der Waals surface area contributed by atoms with Crippen LogP contribution in [0.1, 0.15) is 5.69 Å². The summed E-state index contributed by atoms with van der Waals surface area (Å²) in [6.45, 7) is 3.42. The van der Waals surface area contributed by atoms with E-state index in [-0.39, 0.29) is 0 Å². The predicted octanol–water partition coefficient (Wildman–Crippen LogP) is 2.81. The highest BCUT2D eigenvalue weighted by atomic mass is 35.5. The van der Waals surface area contributed by atoms with Gasteiger partial charge in [0.25, 0.3) is 0 Å². The fourth-order valence-electron chi connectivity index (χ4n) is 2.34. The molecule has 1 aromatic carbocycles. The van der Waals surface area contributed by atoms with Crippen LogP contribution in [0.2, 0.25) is 0 Å². The Morgan fingerprint density at radius 1 is 1.22 bits per heavy atom. The molecule has 1 saturated heterocycles. The first kappa shape index (κ1) is 11.8. The van der Waals surface area contributed by atoms with E-state index in [4.69, 9.17) is 16.3 Å². The summed E-state index contributed by atoms with van der Waals surface area (Å²) in [5.74, 6) is 0.447. The number of nitrogens with zero attached hydrogens (tertiary/aromatic N) is 2. The molecule has 2 aromatic rings. The van der Waals surface area contributed by atoms with Gasteiger partial charge in [-0.3, -0.25) is 4.98 Å². The number of rotatable bonds is 2. The third-order valence-electron chi connectivity index (χ3n) is 3.24. The van der Waals surface area contributed by atoms with Crippen LogP contribution in [-0.4, -0.2) is 31.3 Å². The molecular weight excluding hydrogens is 248 g/mol. The second kappa shape index (κ2) is 5.12. The summed E-state index contributed by atoms with van der Waals surface area (Å²) in [6.07, 6.45) is 0. The number of aromatic nitrogens is 1. The van der Waals surface area contributed by atoms with E-state index >= 15 is 0 Å². The smallest absolute Gasteiger partial charge is 0.0726 e. The van der Waals surface area contributed by atoms with Gasteiger partial charge in [-0.1, -0.05) is 18.2 Å². The van der Waals surface area contributed by atoms with Gasteiger partial charge in [-0.2, -0.15) is 0 Å². The van der Waals surface area contributed by atoms with Gasteiger partial charge in [0.05, 0.1) is 30.3 Å². The minimum absolute atomic E-state index is 0.447. The molecule has 4 heteroatoms. The van der Waals surface area contributed by atoms with E-state index in [1.54, 1.807) is 0 Å². The standard InChI is InChI=1S/C14H15ClN2O/c15-10-11-9-14(17-5-7-18-8-6-17)12-3-1-2-4-13(12)16-11/h1-4,9H,5-8,10H2. The van der Waals surface area contributed by atoms with Gasteiger partial charge >= 0.3 is 0 Å². The van der Waals surface area contributed by atoms with Crippen LogP contribution in [0.5, 0.6) is 0 Å². The van der Waals surface area contributed by atoms with Gasteiger partial charge in [0.2, 0.25) is 0 Å². The largest absolute Gasteiger partial charge is 0.378 e. The van der Waals surface area contributed by atoms with Crippen molar-refractivity contribution >= 4 is 28.2 Å². The lowest BCUT2D eigenvalue weighted by atomic mass is 10.1. The molecule has 0 N–H and O–H groups in total. The molecule has 2 heterocycles. The highest BCUT2D eigenvalue weighted by Crippen LogP contribution is 2.27. The SMILES string of the molecule is ClCc1cc(N2CCOCC2)c2ccccc2n1. The molecule has 0 atom stereocenters.